The fraction of sp³-hybridized carbons (Fsp3) is 0.348. The highest BCUT2D eigenvalue weighted by Crippen LogP contribution is 2.23. The maximum atomic E-state index is 5.91. The van der Waals surface area contributed by atoms with Crippen LogP contribution < -0.4 is 15.5 Å². The first-order chi connectivity index (χ1) is 14.6. The molecule has 4 rings (SSSR count). The topological polar surface area (TPSA) is 66.2 Å². The number of aromatic nitrogens is 2. The third-order valence-corrected chi connectivity index (χ3v) is 5.44. The number of nitrogens with zero attached hydrogens (tertiary/aromatic N) is 3. The summed E-state index contributed by atoms with van der Waals surface area (Å²) in [6.45, 7) is 6.82. The van der Waals surface area contributed by atoms with Crippen LogP contribution in [0.15, 0.2) is 52.9 Å². The Bertz CT molecular complexity index is 1000. The lowest BCUT2D eigenvalue weighted by atomic mass is 10.0. The number of benzene rings is 1. The van der Waals surface area contributed by atoms with Gasteiger partial charge in [-0.15, -0.1) is 0 Å². The number of furan rings is 1. The van der Waals surface area contributed by atoms with Gasteiger partial charge in [-0.1, -0.05) is 37.3 Å². The van der Waals surface area contributed by atoms with Crippen molar-refractivity contribution < 1.29 is 4.42 Å². The van der Waals surface area contributed by atoms with Gasteiger partial charge >= 0.3 is 0 Å². The Morgan fingerprint density at radius 2 is 2.03 bits per heavy atom. The van der Waals surface area contributed by atoms with Crippen LogP contribution in [0, 0.1) is 12.8 Å². The molecule has 3 aromatic rings. The van der Waals surface area contributed by atoms with E-state index in [1.165, 1.54) is 12.8 Å². The van der Waals surface area contributed by atoms with Crippen molar-refractivity contribution in [1.82, 2.24) is 15.3 Å². The number of hydrogen-bond donors (Lipinski definition) is 2. The molecule has 1 aromatic carbocycles. The summed E-state index contributed by atoms with van der Waals surface area (Å²) in [7, 11) is 0. The molecule has 1 fully saturated rings. The van der Waals surface area contributed by atoms with Crippen LogP contribution in [-0.4, -0.2) is 28.2 Å². The van der Waals surface area contributed by atoms with Crippen LogP contribution in [0.4, 0.5) is 11.8 Å². The molecule has 0 saturated carbocycles. The second-order valence-corrected chi connectivity index (χ2v) is 8.23. The normalized spacial score (nSPS) is 16.3. The molecule has 0 radical (unpaired) electrons. The summed E-state index contributed by atoms with van der Waals surface area (Å²) in [6.07, 6.45) is 2.47. The molecule has 0 aliphatic carbocycles. The highest BCUT2D eigenvalue weighted by Gasteiger charge is 2.18. The zero-order chi connectivity index (χ0) is 20.9. The van der Waals surface area contributed by atoms with E-state index in [2.05, 4.69) is 32.4 Å². The first-order valence-corrected chi connectivity index (χ1v) is 10.8. The number of nitrogens with one attached hydrogen (secondary N) is 2. The number of piperidine rings is 1. The van der Waals surface area contributed by atoms with Gasteiger partial charge in [0.05, 0.1) is 6.54 Å². The Labute approximate surface area is 182 Å². The van der Waals surface area contributed by atoms with Gasteiger partial charge in [0.2, 0.25) is 5.95 Å². The van der Waals surface area contributed by atoms with Gasteiger partial charge in [-0.2, -0.15) is 4.98 Å². The summed E-state index contributed by atoms with van der Waals surface area (Å²) < 4.78 is 5.91. The molecule has 30 heavy (non-hydrogen) atoms. The Hall–Kier alpha value is -2.93. The van der Waals surface area contributed by atoms with Crippen LogP contribution >= 0.6 is 12.2 Å². The highest BCUT2D eigenvalue weighted by atomic mass is 32.1. The summed E-state index contributed by atoms with van der Waals surface area (Å²) in [5.41, 5.74) is 1.97. The van der Waals surface area contributed by atoms with Gasteiger partial charge in [0.1, 0.15) is 17.3 Å². The Morgan fingerprint density at radius 1 is 1.20 bits per heavy atom. The van der Waals surface area contributed by atoms with Crippen LogP contribution in [-0.2, 0) is 6.54 Å². The van der Waals surface area contributed by atoms with Gasteiger partial charge in [0.25, 0.3) is 0 Å². The minimum Gasteiger partial charge on any atom is -0.459 e. The van der Waals surface area contributed by atoms with Gasteiger partial charge < -0.3 is 20.0 Å². The monoisotopic (exact) mass is 421 g/mol. The number of aryl methyl sites for hydroxylation is 1. The molecule has 7 heteroatoms. The Balaban J connectivity index is 1.36. The van der Waals surface area contributed by atoms with E-state index in [4.69, 9.17) is 16.6 Å². The minimum atomic E-state index is 0.469. The molecular weight excluding hydrogens is 394 g/mol. The third kappa shape index (κ3) is 5.16. The van der Waals surface area contributed by atoms with Crippen molar-refractivity contribution in [3.63, 3.8) is 0 Å². The van der Waals surface area contributed by atoms with E-state index in [0.29, 0.717) is 23.5 Å². The lowest BCUT2D eigenvalue weighted by Crippen LogP contribution is -2.35. The average Bonchev–Trinajstić information content (AvgIpc) is 3.22. The van der Waals surface area contributed by atoms with Crippen LogP contribution in [0.5, 0.6) is 0 Å². The lowest BCUT2D eigenvalue weighted by molar-refractivity contribution is 0.444. The fourth-order valence-electron chi connectivity index (χ4n) is 3.71. The third-order valence-electron chi connectivity index (χ3n) is 5.19. The van der Waals surface area contributed by atoms with Crippen molar-refractivity contribution in [3.8, 4) is 11.3 Å². The smallest absolute Gasteiger partial charge is 0.231 e. The SMILES string of the molecule is Cc1cc(N2CCC[C@@H](C)C2)nc(NC(=S)NCc2ccc(-c3ccccc3)o2)n1. The predicted molar refractivity (Wildman–Crippen MR) is 125 cm³/mol. The molecule has 0 spiro atoms. The molecule has 6 nitrogen and oxygen atoms in total. The summed E-state index contributed by atoms with van der Waals surface area (Å²) in [6, 6.07) is 16.0. The van der Waals surface area contributed by atoms with Crippen LogP contribution in [0.3, 0.4) is 0 Å². The molecule has 1 aliphatic heterocycles. The number of anilines is 2. The largest absolute Gasteiger partial charge is 0.459 e. The Morgan fingerprint density at radius 3 is 2.83 bits per heavy atom. The van der Waals surface area contributed by atoms with Crippen LogP contribution in [0.1, 0.15) is 31.2 Å². The van der Waals surface area contributed by atoms with Crippen molar-refractivity contribution >= 4 is 29.1 Å². The summed E-state index contributed by atoms with van der Waals surface area (Å²) >= 11 is 5.44. The standard InChI is InChI=1S/C23H27N5OS/c1-16-7-6-12-28(15-16)21-13-17(2)25-22(26-21)27-23(30)24-14-19-10-11-20(29-19)18-8-4-3-5-9-18/h3-5,8-11,13,16H,6-7,12,14-15H2,1-2H3,(H2,24,25,26,27,30)/t16-/m1/s1. The van der Waals surface area contributed by atoms with Crippen molar-refractivity contribution in [2.75, 3.05) is 23.3 Å². The van der Waals surface area contributed by atoms with Gasteiger partial charge in [-0.3, -0.25) is 0 Å². The van der Waals surface area contributed by atoms with Gasteiger partial charge in [0, 0.05) is 30.4 Å². The Kier molecular flexibility index (Phi) is 6.28. The molecule has 0 bridgehead atoms. The van der Waals surface area contributed by atoms with Crippen molar-refractivity contribution in [1.29, 1.82) is 0 Å². The molecule has 156 valence electrons. The fourth-order valence-corrected chi connectivity index (χ4v) is 3.87. The number of hydrogen-bond acceptors (Lipinski definition) is 5. The average molecular weight is 422 g/mol. The predicted octanol–water partition coefficient (Wildman–Crippen LogP) is 4.77. The molecule has 1 saturated heterocycles. The number of rotatable bonds is 5. The highest BCUT2D eigenvalue weighted by molar-refractivity contribution is 7.80. The molecule has 2 N–H and O–H groups in total. The van der Waals surface area contributed by atoms with E-state index >= 15 is 0 Å². The molecule has 0 unspecified atom stereocenters. The van der Waals surface area contributed by atoms with Crippen molar-refractivity contribution in [2.24, 2.45) is 5.92 Å². The van der Waals surface area contributed by atoms with Gasteiger partial charge in [0.15, 0.2) is 5.11 Å². The maximum absolute atomic E-state index is 5.91. The summed E-state index contributed by atoms with van der Waals surface area (Å²) in [5.74, 6) is 3.81. The van der Waals surface area contributed by atoms with E-state index in [-0.39, 0.29) is 0 Å². The van der Waals surface area contributed by atoms with Crippen molar-refractivity contribution in [2.45, 2.75) is 33.2 Å². The zero-order valence-electron chi connectivity index (χ0n) is 17.4. The lowest BCUT2D eigenvalue weighted by Gasteiger charge is -2.32. The number of thiocarbonyl (C=S) groups is 1. The molecular formula is C23H27N5OS. The summed E-state index contributed by atoms with van der Waals surface area (Å²) in [4.78, 5) is 11.5. The zero-order valence-corrected chi connectivity index (χ0v) is 18.2. The second-order valence-electron chi connectivity index (χ2n) is 7.82. The molecule has 0 amide bonds. The molecule has 1 aliphatic rings. The van der Waals surface area contributed by atoms with E-state index in [1.807, 2.05) is 55.5 Å². The molecule has 3 heterocycles. The van der Waals surface area contributed by atoms with Crippen molar-refractivity contribution in [3.05, 3.63) is 60.0 Å². The van der Waals surface area contributed by atoms with Gasteiger partial charge in [-0.25, -0.2) is 4.98 Å². The van der Waals surface area contributed by atoms with E-state index < -0.39 is 0 Å². The van der Waals surface area contributed by atoms with E-state index in [1.54, 1.807) is 0 Å². The first-order valence-electron chi connectivity index (χ1n) is 10.4. The quantitative estimate of drug-likeness (QED) is 0.575. The maximum Gasteiger partial charge on any atom is 0.231 e. The molecule has 1 atom stereocenters. The van der Waals surface area contributed by atoms with E-state index in [9.17, 15) is 0 Å². The van der Waals surface area contributed by atoms with Crippen LogP contribution in [0.25, 0.3) is 11.3 Å². The van der Waals surface area contributed by atoms with Gasteiger partial charge in [-0.05, 0) is 50.0 Å². The minimum absolute atomic E-state index is 0.469. The van der Waals surface area contributed by atoms with Crippen LogP contribution in [0.2, 0.25) is 0 Å². The van der Waals surface area contributed by atoms with E-state index in [0.717, 1.165) is 41.7 Å². The second kappa shape index (κ2) is 9.26. The molecule has 2 aromatic heterocycles. The first kappa shape index (κ1) is 20.3. The summed E-state index contributed by atoms with van der Waals surface area (Å²) in [5, 5.41) is 6.75.